The fourth-order valence-electron chi connectivity index (χ4n) is 0.688. The van der Waals surface area contributed by atoms with E-state index in [0.717, 1.165) is 3.57 Å². The molecule has 0 aliphatic carbocycles. The first-order valence-corrected chi connectivity index (χ1v) is 4.27. The predicted molar refractivity (Wildman–Crippen MR) is 57.2 cm³/mol. The highest BCUT2D eigenvalue weighted by atomic mass is 127. The van der Waals surface area contributed by atoms with E-state index >= 15 is 0 Å². The highest BCUT2D eigenvalue weighted by Crippen LogP contribution is 2.17. The van der Waals surface area contributed by atoms with Crippen LogP contribution in [0.4, 0.5) is 5.82 Å². The number of aromatic nitrogens is 1. The molecule has 0 spiro atoms. The number of rotatable bonds is 2. The summed E-state index contributed by atoms with van der Waals surface area (Å²) >= 11 is 2.11. The van der Waals surface area contributed by atoms with Crippen molar-refractivity contribution in [3.05, 3.63) is 21.4 Å². The zero-order chi connectivity index (χ0) is 8.97. The molecule has 0 fully saturated rings. The molecule has 0 bridgehead atoms. The van der Waals surface area contributed by atoms with Gasteiger partial charge in [0.15, 0.2) is 5.82 Å². The van der Waals surface area contributed by atoms with Gasteiger partial charge in [-0.1, -0.05) is 0 Å². The molecule has 5 heteroatoms. The normalized spacial score (nSPS) is 10.4. The molecule has 0 unspecified atom stereocenters. The molecule has 0 aliphatic heterocycles. The van der Waals surface area contributed by atoms with Crippen molar-refractivity contribution < 1.29 is 0 Å². The summed E-state index contributed by atoms with van der Waals surface area (Å²) < 4.78 is 0.917. The van der Waals surface area contributed by atoms with E-state index in [1.165, 1.54) is 12.6 Å². The largest absolute Gasteiger partial charge is 0.390 e. The molecule has 1 rings (SSSR count). The van der Waals surface area contributed by atoms with Crippen LogP contribution >= 0.6 is 22.6 Å². The van der Waals surface area contributed by atoms with Gasteiger partial charge < -0.3 is 11.1 Å². The maximum Gasteiger partial charge on any atom is 0.167 e. The molecule has 0 aromatic carbocycles. The number of hydrogen-bond donors (Lipinski definition) is 2. The third kappa shape index (κ3) is 2.00. The molecule has 62 valence electrons. The van der Waals surface area contributed by atoms with Crippen molar-refractivity contribution in [2.45, 2.75) is 0 Å². The number of nitrogens with zero attached hydrogens (tertiary/aromatic N) is 2. The van der Waals surface area contributed by atoms with Crippen LogP contribution in [-0.4, -0.2) is 17.5 Å². The van der Waals surface area contributed by atoms with Gasteiger partial charge in [0.25, 0.3) is 0 Å². The van der Waals surface area contributed by atoms with Gasteiger partial charge in [0.2, 0.25) is 0 Å². The number of aliphatic imine (C=N–C) groups is 1. The van der Waals surface area contributed by atoms with Gasteiger partial charge in [-0.15, -0.1) is 0 Å². The maximum atomic E-state index is 6.97. The second-order valence-electron chi connectivity index (χ2n) is 1.96. The first-order valence-electron chi connectivity index (χ1n) is 3.19. The Morgan fingerprint density at radius 3 is 2.92 bits per heavy atom. The fourth-order valence-corrected chi connectivity index (χ4v) is 1.13. The van der Waals surface area contributed by atoms with Crippen LogP contribution in [0.25, 0.3) is 0 Å². The average Bonchev–Trinajstić information content (AvgIpc) is 2.09. The van der Waals surface area contributed by atoms with E-state index in [0.29, 0.717) is 11.5 Å². The minimum absolute atomic E-state index is 0.555. The Labute approximate surface area is 83.6 Å². The van der Waals surface area contributed by atoms with E-state index in [1.807, 2.05) is 6.07 Å². The summed E-state index contributed by atoms with van der Waals surface area (Å²) in [7, 11) is 0. The van der Waals surface area contributed by atoms with Crippen molar-refractivity contribution in [3.8, 4) is 0 Å². The molecule has 0 radical (unpaired) electrons. The zero-order valence-electron chi connectivity index (χ0n) is 6.16. The summed E-state index contributed by atoms with van der Waals surface area (Å²) in [6, 6.07) is 3.60. The monoisotopic (exact) mass is 274 g/mol. The summed E-state index contributed by atoms with van der Waals surface area (Å²) in [5.41, 5.74) is 5.71. The zero-order valence-corrected chi connectivity index (χ0v) is 8.32. The number of hydrogen-bond acceptors (Lipinski definition) is 3. The van der Waals surface area contributed by atoms with E-state index in [4.69, 9.17) is 11.1 Å². The summed E-state index contributed by atoms with van der Waals surface area (Å²) in [6.07, 6.45) is 2.36. The molecule has 0 saturated heterocycles. The molecule has 3 N–H and O–H groups in total. The van der Waals surface area contributed by atoms with Gasteiger partial charge in [0.1, 0.15) is 0 Å². The Balaban J connectivity index is 3.16. The lowest BCUT2D eigenvalue weighted by molar-refractivity contribution is 1.23. The third-order valence-corrected chi connectivity index (χ3v) is 2.04. The molecule has 4 nitrogen and oxygen atoms in total. The number of nitrogens with one attached hydrogen (secondary N) is 1. The lowest BCUT2D eigenvalue weighted by Gasteiger charge is -1.97. The molecule has 12 heavy (non-hydrogen) atoms. The Kier molecular flexibility index (Phi) is 3.15. The molecule has 0 aliphatic rings. The Morgan fingerprint density at radius 2 is 2.33 bits per heavy atom. The first kappa shape index (κ1) is 9.11. The summed E-state index contributed by atoms with van der Waals surface area (Å²) in [6.45, 7) is 0. The standard InChI is InChI=1S/C7H7IN4/c8-6-2-1-5(3-9)12-7(6)11-4-10/h1-4,9H,(H2,10,11,12). The van der Waals surface area contributed by atoms with Crippen LogP contribution in [0.3, 0.4) is 0 Å². The van der Waals surface area contributed by atoms with Crippen molar-refractivity contribution in [2.24, 2.45) is 10.7 Å². The molecule has 1 aromatic heterocycles. The van der Waals surface area contributed by atoms with Crippen LogP contribution < -0.4 is 5.73 Å². The van der Waals surface area contributed by atoms with Gasteiger partial charge in [-0.2, -0.15) is 0 Å². The van der Waals surface area contributed by atoms with Crippen molar-refractivity contribution >= 4 is 41.0 Å². The van der Waals surface area contributed by atoms with Crippen LogP contribution in [0.1, 0.15) is 5.69 Å². The summed E-state index contributed by atoms with van der Waals surface area (Å²) in [4.78, 5) is 7.90. The van der Waals surface area contributed by atoms with E-state index in [-0.39, 0.29) is 0 Å². The molecular weight excluding hydrogens is 267 g/mol. The van der Waals surface area contributed by atoms with Crippen molar-refractivity contribution in [1.82, 2.24) is 4.98 Å². The van der Waals surface area contributed by atoms with Gasteiger partial charge in [0.05, 0.1) is 15.6 Å². The van der Waals surface area contributed by atoms with Crippen LogP contribution in [0.5, 0.6) is 0 Å². The summed E-state index contributed by atoms with van der Waals surface area (Å²) in [5.74, 6) is 0.555. The minimum atomic E-state index is 0.555. The molecule has 0 amide bonds. The second kappa shape index (κ2) is 4.15. The summed E-state index contributed by atoms with van der Waals surface area (Å²) in [5, 5.41) is 6.97. The van der Waals surface area contributed by atoms with Crippen molar-refractivity contribution in [2.75, 3.05) is 0 Å². The molecule has 0 saturated carbocycles. The van der Waals surface area contributed by atoms with Gasteiger partial charge in [0, 0.05) is 6.21 Å². The van der Waals surface area contributed by atoms with Crippen molar-refractivity contribution in [1.29, 1.82) is 5.41 Å². The molecule has 0 atom stereocenters. The highest BCUT2D eigenvalue weighted by Gasteiger charge is 1.98. The van der Waals surface area contributed by atoms with E-state index in [2.05, 4.69) is 32.6 Å². The minimum Gasteiger partial charge on any atom is -0.390 e. The lowest BCUT2D eigenvalue weighted by Crippen LogP contribution is -1.92. The van der Waals surface area contributed by atoms with Crippen LogP contribution in [0.2, 0.25) is 0 Å². The van der Waals surface area contributed by atoms with Gasteiger partial charge in [-0.3, -0.25) is 0 Å². The Bertz CT molecular complexity index is 321. The van der Waals surface area contributed by atoms with Gasteiger partial charge in [-0.25, -0.2) is 9.98 Å². The maximum absolute atomic E-state index is 6.97. The first-order chi connectivity index (χ1) is 5.77. The van der Waals surface area contributed by atoms with Crippen LogP contribution in [-0.2, 0) is 0 Å². The van der Waals surface area contributed by atoms with Crippen LogP contribution in [0.15, 0.2) is 17.1 Å². The van der Waals surface area contributed by atoms with E-state index in [9.17, 15) is 0 Å². The van der Waals surface area contributed by atoms with E-state index in [1.54, 1.807) is 6.07 Å². The molecular formula is C7H7IN4. The SMILES string of the molecule is N=Cc1ccc(I)c(/N=C/N)n1. The van der Waals surface area contributed by atoms with Gasteiger partial charge in [-0.05, 0) is 34.7 Å². The van der Waals surface area contributed by atoms with Crippen LogP contribution in [0, 0.1) is 8.98 Å². The quantitative estimate of drug-likeness (QED) is 0.484. The average molecular weight is 274 g/mol. The Morgan fingerprint density at radius 1 is 1.58 bits per heavy atom. The molecule has 1 heterocycles. The third-order valence-electron chi connectivity index (χ3n) is 1.19. The number of pyridine rings is 1. The van der Waals surface area contributed by atoms with Crippen molar-refractivity contribution in [3.63, 3.8) is 0 Å². The predicted octanol–water partition coefficient (Wildman–Crippen LogP) is 1.30. The lowest BCUT2D eigenvalue weighted by atomic mass is 10.4. The number of nitrogens with two attached hydrogens (primary N) is 1. The number of halogens is 1. The van der Waals surface area contributed by atoms with Gasteiger partial charge >= 0.3 is 0 Å². The smallest absolute Gasteiger partial charge is 0.167 e. The highest BCUT2D eigenvalue weighted by molar-refractivity contribution is 14.1. The van der Waals surface area contributed by atoms with E-state index < -0.39 is 0 Å². The fraction of sp³-hybridized carbons (Fsp3) is 0. The Hall–Kier alpha value is -0.980. The second-order valence-corrected chi connectivity index (χ2v) is 3.13. The molecule has 1 aromatic rings. The topological polar surface area (TPSA) is 75.1 Å².